The number of ether oxygens (including phenoxy) is 1. The van der Waals surface area contributed by atoms with Crippen LogP contribution < -0.4 is 9.26 Å². The fourth-order valence-corrected chi connectivity index (χ4v) is 2.39. The number of methoxy groups -OCH3 is 1. The van der Waals surface area contributed by atoms with Crippen LogP contribution >= 0.6 is 28.5 Å². The monoisotopic (exact) mass is 314 g/mol. The van der Waals surface area contributed by atoms with Crippen molar-refractivity contribution in [2.75, 3.05) is 7.11 Å². The van der Waals surface area contributed by atoms with E-state index in [4.69, 9.17) is 31.7 Å². The summed E-state index contributed by atoms with van der Waals surface area (Å²) < 4.78 is 10.1. The number of halogens is 2. The third kappa shape index (κ3) is 4.79. The summed E-state index contributed by atoms with van der Waals surface area (Å²) in [4.78, 5) is 18.8. The summed E-state index contributed by atoms with van der Waals surface area (Å²) in [6.07, 6.45) is 0. The average Bonchev–Trinajstić information content (AvgIpc) is 2.13. The molecule has 1 rings (SSSR count). The molecule has 0 aliphatic carbocycles. The van der Waals surface area contributed by atoms with Gasteiger partial charge in [-0.25, -0.2) is 0 Å². The van der Waals surface area contributed by atoms with Crippen LogP contribution in [0.1, 0.15) is 26.3 Å². The Morgan fingerprint density at radius 3 is 2.11 bits per heavy atom. The quantitative estimate of drug-likeness (QED) is 0.829. The fraction of sp³-hybridized carbons (Fsp3) is 0.455. The SMILES string of the molecule is COc1ccc(OP(O)(O)(Cl)Cl)c(C(C)(C)C)c1. The van der Waals surface area contributed by atoms with Gasteiger partial charge in [0.05, 0.1) is 0 Å². The molecule has 0 aliphatic rings. The van der Waals surface area contributed by atoms with Crippen molar-refractivity contribution in [3.05, 3.63) is 23.8 Å². The van der Waals surface area contributed by atoms with Gasteiger partial charge >= 0.3 is 116 Å². The Balaban J connectivity index is 3.28. The Labute approximate surface area is 116 Å². The summed E-state index contributed by atoms with van der Waals surface area (Å²) in [5.41, 5.74) is 0.409. The molecule has 0 saturated heterocycles. The van der Waals surface area contributed by atoms with Crippen molar-refractivity contribution in [1.29, 1.82) is 0 Å². The standard InChI is InChI=1S/C11H17Cl2O4P/c1-11(2,3)9-7-8(16-4)5-6-10(9)17-18(12,13,14)15/h5-7,14-15H,1-4H3. The number of benzene rings is 1. The molecule has 0 saturated carbocycles. The molecule has 0 amide bonds. The van der Waals surface area contributed by atoms with Crippen LogP contribution in [0, 0.1) is 0 Å². The first kappa shape index (κ1) is 15.8. The summed E-state index contributed by atoms with van der Waals surface area (Å²) in [7, 11) is 1.55. The molecule has 0 aliphatic heterocycles. The predicted octanol–water partition coefficient (Wildman–Crippen LogP) is 3.96. The molecule has 1 aromatic carbocycles. The van der Waals surface area contributed by atoms with Crippen LogP contribution in [0.5, 0.6) is 11.5 Å². The van der Waals surface area contributed by atoms with Crippen molar-refractivity contribution in [3.63, 3.8) is 0 Å². The van der Waals surface area contributed by atoms with E-state index >= 15 is 0 Å². The van der Waals surface area contributed by atoms with Crippen LogP contribution in [-0.2, 0) is 5.41 Å². The second kappa shape index (κ2) is 4.69. The summed E-state index contributed by atoms with van der Waals surface area (Å²) in [5.74, 6) is -4.25. The zero-order chi connectivity index (χ0) is 14.2. The second-order valence-electron chi connectivity index (χ2n) is 4.96. The van der Waals surface area contributed by atoms with Gasteiger partial charge in [-0.1, -0.05) is 0 Å². The number of rotatable bonds is 3. The Hall–Kier alpha value is -0.250. The van der Waals surface area contributed by atoms with Crippen molar-refractivity contribution in [3.8, 4) is 11.5 Å². The molecule has 104 valence electrons. The third-order valence-electron chi connectivity index (χ3n) is 2.24. The molecule has 0 spiro atoms. The summed E-state index contributed by atoms with van der Waals surface area (Å²) in [5, 5.41) is 0. The van der Waals surface area contributed by atoms with Crippen LogP contribution in [0.3, 0.4) is 0 Å². The Morgan fingerprint density at radius 2 is 1.72 bits per heavy atom. The van der Waals surface area contributed by atoms with Gasteiger partial charge in [0.25, 0.3) is 0 Å². The van der Waals surface area contributed by atoms with Gasteiger partial charge in [-0.3, -0.25) is 0 Å². The Morgan fingerprint density at radius 1 is 1.17 bits per heavy atom. The molecule has 0 atom stereocenters. The molecule has 0 fully saturated rings. The normalized spacial score (nSPS) is 14.8. The first-order valence-electron chi connectivity index (χ1n) is 5.23. The zero-order valence-corrected chi connectivity index (χ0v) is 13.1. The molecular formula is C11H17Cl2O4P. The van der Waals surface area contributed by atoms with E-state index in [1.807, 2.05) is 20.8 Å². The van der Waals surface area contributed by atoms with E-state index in [1.165, 1.54) is 6.07 Å². The first-order chi connectivity index (χ1) is 7.88. The van der Waals surface area contributed by atoms with E-state index in [1.54, 1.807) is 19.2 Å². The van der Waals surface area contributed by atoms with Crippen molar-refractivity contribution in [2.24, 2.45) is 0 Å². The molecule has 0 radical (unpaired) electrons. The van der Waals surface area contributed by atoms with Crippen molar-refractivity contribution < 1.29 is 19.0 Å². The van der Waals surface area contributed by atoms with Gasteiger partial charge in [0.1, 0.15) is 0 Å². The predicted molar refractivity (Wildman–Crippen MR) is 75.4 cm³/mol. The van der Waals surface area contributed by atoms with Crippen LogP contribution in [0.15, 0.2) is 18.2 Å². The molecule has 2 N–H and O–H groups in total. The van der Waals surface area contributed by atoms with Gasteiger partial charge in [0.15, 0.2) is 0 Å². The zero-order valence-electron chi connectivity index (χ0n) is 10.6. The van der Waals surface area contributed by atoms with E-state index in [0.717, 1.165) is 0 Å². The summed E-state index contributed by atoms with van der Waals surface area (Å²) in [6, 6.07) is 4.91. The molecule has 1 aromatic rings. The topological polar surface area (TPSA) is 58.9 Å². The van der Waals surface area contributed by atoms with Gasteiger partial charge in [0.2, 0.25) is 0 Å². The maximum absolute atomic E-state index is 9.42. The first-order valence-corrected chi connectivity index (χ1v) is 9.09. The molecule has 18 heavy (non-hydrogen) atoms. The minimum absolute atomic E-state index is 0.218. The molecule has 7 heteroatoms. The third-order valence-corrected chi connectivity index (χ3v) is 3.16. The van der Waals surface area contributed by atoms with E-state index in [0.29, 0.717) is 11.3 Å². The molecule has 0 bridgehead atoms. The minimum atomic E-state index is -5.10. The van der Waals surface area contributed by atoms with E-state index in [9.17, 15) is 9.79 Å². The Kier molecular flexibility index (Phi) is 4.12. The molecule has 0 heterocycles. The van der Waals surface area contributed by atoms with E-state index in [-0.39, 0.29) is 11.2 Å². The van der Waals surface area contributed by atoms with Crippen molar-refractivity contribution in [1.82, 2.24) is 0 Å². The molecular weight excluding hydrogens is 298 g/mol. The van der Waals surface area contributed by atoms with E-state index < -0.39 is 5.99 Å². The maximum atomic E-state index is 9.42. The Bertz CT molecular complexity index is 439. The second-order valence-corrected chi connectivity index (χ2v) is 10.8. The summed E-state index contributed by atoms with van der Waals surface area (Å²) in [6.45, 7) is 5.84. The molecule has 0 aromatic heterocycles. The van der Waals surface area contributed by atoms with Gasteiger partial charge < -0.3 is 0 Å². The summed E-state index contributed by atoms with van der Waals surface area (Å²) >= 11 is 10.7. The van der Waals surface area contributed by atoms with Crippen LogP contribution in [0.4, 0.5) is 0 Å². The van der Waals surface area contributed by atoms with Crippen LogP contribution in [0.2, 0.25) is 0 Å². The van der Waals surface area contributed by atoms with Gasteiger partial charge in [0, 0.05) is 0 Å². The van der Waals surface area contributed by atoms with E-state index in [2.05, 4.69) is 0 Å². The molecule has 4 nitrogen and oxygen atoms in total. The fourth-order valence-electron chi connectivity index (χ4n) is 1.46. The van der Waals surface area contributed by atoms with Gasteiger partial charge in [-0.15, -0.1) is 0 Å². The number of hydrogen-bond acceptors (Lipinski definition) is 4. The number of hydrogen-bond donors (Lipinski definition) is 2. The van der Waals surface area contributed by atoms with Crippen molar-refractivity contribution in [2.45, 2.75) is 26.2 Å². The van der Waals surface area contributed by atoms with Crippen LogP contribution in [-0.4, -0.2) is 16.9 Å². The van der Waals surface area contributed by atoms with Gasteiger partial charge in [-0.05, 0) is 0 Å². The molecule has 0 unspecified atom stereocenters. The van der Waals surface area contributed by atoms with Crippen molar-refractivity contribution >= 4 is 28.5 Å². The van der Waals surface area contributed by atoms with Gasteiger partial charge in [-0.2, -0.15) is 0 Å². The average molecular weight is 315 g/mol. The van der Waals surface area contributed by atoms with Crippen LogP contribution in [0.25, 0.3) is 0 Å².